The molecule has 5 heteroatoms. The predicted molar refractivity (Wildman–Crippen MR) is 102 cm³/mol. The normalized spacial score (nSPS) is 18.2. The summed E-state index contributed by atoms with van der Waals surface area (Å²) in [6.07, 6.45) is 4.65. The SMILES string of the molecule is CC=Cc1ccc(OCC(O)CN2CCCN(CC)CC2)c(OC)c1. The predicted octanol–water partition coefficient (Wildman–Crippen LogP) is 2.50. The number of rotatable bonds is 8. The third kappa shape index (κ3) is 6.34. The first-order valence-corrected chi connectivity index (χ1v) is 9.22. The molecule has 5 nitrogen and oxygen atoms in total. The highest BCUT2D eigenvalue weighted by atomic mass is 16.5. The zero-order valence-corrected chi connectivity index (χ0v) is 15.8. The number of nitrogens with zero attached hydrogens (tertiary/aromatic N) is 2. The fraction of sp³-hybridized carbons (Fsp3) is 0.600. The van der Waals surface area contributed by atoms with Crippen molar-refractivity contribution in [3.05, 3.63) is 29.8 Å². The van der Waals surface area contributed by atoms with E-state index in [9.17, 15) is 5.11 Å². The van der Waals surface area contributed by atoms with E-state index in [-0.39, 0.29) is 6.61 Å². The molecule has 1 atom stereocenters. The van der Waals surface area contributed by atoms with E-state index in [0.717, 1.165) is 44.7 Å². The van der Waals surface area contributed by atoms with Crippen LogP contribution >= 0.6 is 0 Å². The van der Waals surface area contributed by atoms with Gasteiger partial charge >= 0.3 is 0 Å². The van der Waals surface area contributed by atoms with Gasteiger partial charge in [-0.1, -0.05) is 25.1 Å². The number of hydrogen-bond acceptors (Lipinski definition) is 5. The van der Waals surface area contributed by atoms with Gasteiger partial charge in [-0.3, -0.25) is 4.90 Å². The van der Waals surface area contributed by atoms with Crippen molar-refractivity contribution in [3.8, 4) is 11.5 Å². The van der Waals surface area contributed by atoms with Gasteiger partial charge in [0.1, 0.15) is 12.7 Å². The van der Waals surface area contributed by atoms with Crippen molar-refractivity contribution in [3.63, 3.8) is 0 Å². The minimum absolute atomic E-state index is 0.271. The topological polar surface area (TPSA) is 45.2 Å². The van der Waals surface area contributed by atoms with E-state index in [1.54, 1.807) is 7.11 Å². The lowest BCUT2D eigenvalue weighted by Crippen LogP contribution is -2.38. The summed E-state index contributed by atoms with van der Waals surface area (Å²) in [5.74, 6) is 1.36. The molecule has 0 aromatic heterocycles. The van der Waals surface area contributed by atoms with Crippen LogP contribution in [-0.2, 0) is 0 Å². The zero-order chi connectivity index (χ0) is 18.1. The third-order valence-electron chi connectivity index (χ3n) is 4.58. The first-order valence-electron chi connectivity index (χ1n) is 9.22. The fourth-order valence-electron chi connectivity index (χ4n) is 3.16. The molecule has 0 saturated carbocycles. The molecule has 1 aromatic rings. The molecule has 140 valence electrons. The van der Waals surface area contributed by atoms with Crippen LogP contribution in [0.1, 0.15) is 25.8 Å². The lowest BCUT2D eigenvalue weighted by Gasteiger charge is -2.24. The molecule has 1 saturated heterocycles. The monoisotopic (exact) mass is 348 g/mol. The Morgan fingerprint density at radius 1 is 1.16 bits per heavy atom. The van der Waals surface area contributed by atoms with E-state index < -0.39 is 6.10 Å². The molecule has 2 rings (SSSR count). The van der Waals surface area contributed by atoms with Crippen LogP contribution in [0.2, 0.25) is 0 Å². The third-order valence-corrected chi connectivity index (χ3v) is 4.58. The van der Waals surface area contributed by atoms with Crippen LogP contribution in [0.5, 0.6) is 11.5 Å². The molecule has 1 aliphatic rings. The summed E-state index contributed by atoms with van der Waals surface area (Å²) in [6.45, 7) is 10.5. The summed E-state index contributed by atoms with van der Waals surface area (Å²) < 4.78 is 11.2. The highest BCUT2D eigenvalue weighted by Crippen LogP contribution is 2.28. The van der Waals surface area contributed by atoms with Gasteiger partial charge in [0, 0.05) is 19.6 Å². The summed E-state index contributed by atoms with van der Waals surface area (Å²) in [4.78, 5) is 4.79. The van der Waals surface area contributed by atoms with Crippen molar-refractivity contribution in [2.45, 2.75) is 26.4 Å². The molecule has 0 bridgehead atoms. The van der Waals surface area contributed by atoms with Crippen LogP contribution in [0.15, 0.2) is 24.3 Å². The van der Waals surface area contributed by atoms with Gasteiger partial charge in [-0.25, -0.2) is 0 Å². The van der Waals surface area contributed by atoms with Crippen LogP contribution in [0.3, 0.4) is 0 Å². The molecule has 25 heavy (non-hydrogen) atoms. The van der Waals surface area contributed by atoms with Gasteiger partial charge in [-0.2, -0.15) is 0 Å². The van der Waals surface area contributed by atoms with Gasteiger partial charge in [0.15, 0.2) is 11.5 Å². The van der Waals surface area contributed by atoms with Gasteiger partial charge in [0.25, 0.3) is 0 Å². The van der Waals surface area contributed by atoms with Crippen molar-refractivity contribution >= 4 is 6.08 Å². The van der Waals surface area contributed by atoms with Gasteiger partial charge in [-0.05, 0) is 50.7 Å². The molecular weight excluding hydrogens is 316 g/mol. The number of allylic oxidation sites excluding steroid dienone is 1. The van der Waals surface area contributed by atoms with E-state index in [1.807, 2.05) is 37.3 Å². The Bertz CT molecular complexity index is 548. The molecule has 1 N–H and O–H groups in total. The van der Waals surface area contributed by atoms with E-state index in [2.05, 4.69) is 16.7 Å². The Morgan fingerprint density at radius 3 is 2.64 bits per heavy atom. The number of likely N-dealkylation sites (N-methyl/N-ethyl adjacent to an activating group) is 1. The smallest absolute Gasteiger partial charge is 0.161 e. The molecule has 1 fully saturated rings. The second-order valence-electron chi connectivity index (χ2n) is 6.46. The van der Waals surface area contributed by atoms with Gasteiger partial charge in [0.2, 0.25) is 0 Å². The van der Waals surface area contributed by atoms with Crippen molar-refractivity contribution in [2.75, 3.05) is 53.0 Å². The maximum Gasteiger partial charge on any atom is 0.161 e. The Morgan fingerprint density at radius 2 is 1.92 bits per heavy atom. The average Bonchev–Trinajstić information content (AvgIpc) is 2.85. The van der Waals surface area contributed by atoms with Crippen LogP contribution < -0.4 is 9.47 Å². The van der Waals surface area contributed by atoms with Crippen LogP contribution in [0.4, 0.5) is 0 Å². The lowest BCUT2D eigenvalue weighted by atomic mass is 10.2. The second-order valence-corrected chi connectivity index (χ2v) is 6.46. The van der Waals surface area contributed by atoms with Crippen LogP contribution in [0, 0.1) is 0 Å². The summed E-state index contributed by atoms with van der Waals surface area (Å²) in [7, 11) is 1.63. The minimum Gasteiger partial charge on any atom is -0.493 e. The summed E-state index contributed by atoms with van der Waals surface area (Å²) in [6, 6.07) is 5.82. The first-order chi connectivity index (χ1) is 12.2. The van der Waals surface area contributed by atoms with Crippen LogP contribution in [0.25, 0.3) is 6.08 Å². The fourth-order valence-corrected chi connectivity index (χ4v) is 3.16. The molecule has 0 spiro atoms. The first kappa shape index (κ1) is 19.8. The number of aliphatic hydroxyl groups is 1. The molecule has 1 aliphatic heterocycles. The number of ether oxygens (including phenoxy) is 2. The van der Waals surface area contributed by atoms with E-state index in [4.69, 9.17) is 9.47 Å². The van der Waals surface area contributed by atoms with E-state index >= 15 is 0 Å². The van der Waals surface area contributed by atoms with Crippen molar-refractivity contribution in [1.29, 1.82) is 0 Å². The molecule has 1 heterocycles. The molecule has 1 aromatic carbocycles. The molecule has 1 unspecified atom stereocenters. The van der Waals surface area contributed by atoms with Gasteiger partial charge in [-0.15, -0.1) is 0 Å². The number of benzene rings is 1. The summed E-state index contributed by atoms with van der Waals surface area (Å²) in [5, 5.41) is 10.3. The average molecular weight is 348 g/mol. The molecular formula is C20H32N2O3. The van der Waals surface area contributed by atoms with Crippen molar-refractivity contribution < 1.29 is 14.6 Å². The molecule has 0 aliphatic carbocycles. The lowest BCUT2D eigenvalue weighted by molar-refractivity contribution is 0.0684. The molecule has 0 amide bonds. The van der Waals surface area contributed by atoms with Crippen LogP contribution in [-0.4, -0.2) is 74.0 Å². The highest BCUT2D eigenvalue weighted by molar-refractivity contribution is 5.55. The summed E-state index contributed by atoms with van der Waals surface area (Å²) >= 11 is 0. The second kappa shape index (κ2) is 10.4. The van der Waals surface area contributed by atoms with Gasteiger partial charge < -0.3 is 19.5 Å². The van der Waals surface area contributed by atoms with E-state index in [0.29, 0.717) is 18.0 Å². The standard InChI is InChI=1S/C20H32N2O3/c1-4-7-17-8-9-19(20(14-17)24-3)25-16-18(23)15-22-11-6-10-21(5-2)12-13-22/h4,7-9,14,18,23H,5-6,10-13,15-16H2,1-3H3. The maximum atomic E-state index is 10.3. The van der Waals surface area contributed by atoms with Gasteiger partial charge in [0.05, 0.1) is 7.11 Å². The Labute approximate surface area is 151 Å². The van der Waals surface area contributed by atoms with E-state index in [1.165, 1.54) is 0 Å². The Kier molecular flexibility index (Phi) is 8.25. The maximum absolute atomic E-state index is 10.3. The number of aliphatic hydroxyl groups excluding tert-OH is 1. The largest absolute Gasteiger partial charge is 0.493 e. The number of methoxy groups -OCH3 is 1. The minimum atomic E-state index is -0.506. The van der Waals surface area contributed by atoms with Crippen molar-refractivity contribution in [2.24, 2.45) is 0 Å². The quantitative estimate of drug-likeness (QED) is 0.782. The zero-order valence-electron chi connectivity index (χ0n) is 15.8. The number of β-amino-alcohol motifs (C(OH)–C–C–N with tert-alkyl or cyclic N) is 1. The Balaban J connectivity index is 1.84. The summed E-state index contributed by atoms with van der Waals surface area (Å²) in [5.41, 5.74) is 1.07. The Hall–Kier alpha value is -1.56. The van der Waals surface area contributed by atoms with Crippen molar-refractivity contribution in [1.82, 2.24) is 9.80 Å². The number of hydrogen-bond donors (Lipinski definition) is 1. The highest BCUT2D eigenvalue weighted by Gasteiger charge is 2.17. The molecule has 0 radical (unpaired) electrons.